The van der Waals surface area contributed by atoms with E-state index < -0.39 is 10.7 Å². The van der Waals surface area contributed by atoms with Gasteiger partial charge in [0.05, 0.1) is 4.92 Å². The third-order valence-corrected chi connectivity index (χ3v) is 3.63. The predicted molar refractivity (Wildman–Crippen MR) is 71.3 cm³/mol. The van der Waals surface area contributed by atoms with E-state index in [2.05, 4.69) is 12.2 Å². The summed E-state index contributed by atoms with van der Waals surface area (Å²) in [4.78, 5) is 10.4. The highest BCUT2D eigenvalue weighted by molar-refractivity contribution is 5.40. The van der Waals surface area contributed by atoms with Gasteiger partial charge in [0, 0.05) is 24.2 Å². The second kappa shape index (κ2) is 6.10. The summed E-state index contributed by atoms with van der Waals surface area (Å²) in [6.45, 7) is 2.44. The zero-order valence-electron chi connectivity index (χ0n) is 11.1. The van der Waals surface area contributed by atoms with Crippen molar-refractivity contribution in [3.05, 3.63) is 39.7 Å². The second-order valence-corrected chi connectivity index (χ2v) is 5.20. The fourth-order valence-electron chi connectivity index (χ4n) is 2.28. The lowest BCUT2D eigenvalue weighted by Crippen LogP contribution is -2.28. The van der Waals surface area contributed by atoms with Crippen LogP contribution in [-0.4, -0.2) is 11.0 Å². The predicted octanol–water partition coefficient (Wildman–Crippen LogP) is 3.40. The van der Waals surface area contributed by atoms with Gasteiger partial charge in [0.25, 0.3) is 5.69 Å². The van der Waals surface area contributed by atoms with Crippen LogP contribution in [-0.2, 0) is 6.54 Å². The summed E-state index contributed by atoms with van der Waals surface area (Å²) in [5.41, 5.74) is 0.398. The fraction of sp³-hybridized carbons (Fsp3) is 0.571. The summed E-state index contributed by atoms with van der Waals surface area (Å²) in [6, 6.07) is 3.96. The van der Waals surface area contributed by atoms with Crippen molar-refractivity contribution in [2.24, 2.45) is 5.92 Å². The lowest BCUT2D eigenvalue weighted by molar-refractivity contribution is -0.385. The van der Waals surface area contributed by atoms with Gasteiger partial charge in [-0.3, -0.25) is 10.1 Å². The first kappa shape index (κ1) is 13.9. The molecule has 1 saturated carbocycles. The van der Waals surface area contributed by atoms with Crippen LogP contribution in [0.2, 0.25) is 0 Å². The molecule has 1 aromatic carbocycles. The average molecular weight is 266 g/mol. The van der Waals surface area contributed by atoms with Crippen molar-refractivity contribution < 1.29 is 9.31 Å². The second-order valence-electron chi connectivity index (χ2n) is 5.20. The molecule has 1 aliphatic carbocycles. The van der Waals surface area contributed by atoms with Crippen molar-refractivity contribution in [1.82, 2.24) is 5.32 Å². The summed E-state index contributed by atoms with van der Waals surface area (Å²) in [5, 5.41) is 14.2. The molecule has 0 amide bonds. The molecular weight excluding hydrogens is 247 g/mol. The fourth-order valence-corrected chi connectivity index (χ4v) is 2.28. The normalized spacial score (nSPS) is 16.3. The van der Waals surface area contributed by atoms with E-state index in [0.29, 0.717) is 18.2 Å². The van der Waals surface area contributed by atoms with Crippen molar-refractivity contribution in [3.63, 3.8) is 0 Å². The third-order valence-electron chi connectivity index (χ3n) is 3.63. The Morgan fingerprint density at radius 3 is 2.84 bits per heavy atom. The van der Waals surface area contributed by atoms with Crippen LogP contribution in [0.15, 0.2) is 18.2 Å². The lowest BCUT2D eigenvalue weighted by Gasteiger charge is -2.16. The van der Waals surface area contributed by atoms with Gasteiger partial charge in [0.1, 0.15) is 5.82 Å². The number of hydrogen-bond acceptors (Lipinski definition) is 3. The van der Waals surface area contributed by atoms with E-state index in [1.54, 1.807) is 0 Å². The molecule has 1 fully saturated rings. The van der Waals surface area contributed by atoms with Gasteiger partial charge in [0.2, 0.25) is 0 Å². The number of halogens is 1. The van der Waals surface area contributed by atoms with Crippen molar-refractivity contribution >= 4 is 5.69 Å². The minimum Gasteiger partial charge on any atom is -0.310 e. The van der Waals surface area contributed by atoms with Crippen LogP contribution >= 0.6 is 0 Å². The van der Waals surface area contributed by atoms with Gasteiger partial charge in [-0.05, 0) is 30.9 Å². The van der Waals surface area contributed by atoms with Crippen LogP contribution in [0.25, 0.3) is 0 Å². The molecule has 0 heterocycles. The van der Waals surface area contributed by atoms with E-state index in [1.807, 2.05) is 0 Å². The van der Waals surface area contributed by atoms with Crippen molar-refractivity contribution in [1.29, 1.82) is 0 Å². The highest BCUT2D eigenvalue weighted by Gasteiger charge is 2.25. The number of nitro groups is 1. The molecule has 5 heteroatoms. The number of nitrogens with zero attached hydrogens (tertiary/aromatic N) is 1. The first-order valence-corrected chi connectivity index (χ1v) is 6.76. The first-order valence-electron chi connectivity index (χ1n) is 6.76. The van der Waals surface area contributed by atoms with Crippen LogP contribution in [0.3, 0.4) is 0 Å². The largest absolute Gasteiger partial charge is 0.310 e. The molecule has 0 saturated heterocycles. The molecule has 1 aliphatic rings. The Morgan fingerprint density at radius 1 is 1.53 bits per heavy atom. The molecule has 0 radical (unpaired) electrons. The maximum absolute atomic E-state index is 13.2. The molecule has 2 rings (SSSR count). The van der Waals surface area contributed by atoms with E-state index in [1.165, 1.54) is 25.0 Å². The molecule has 1 aromatic rings. The van der Waals surface area contributed by atoms with E-state index in [9.17, 15) is 14.5 Å². The Labute approximate surface area is 112 Å². The summed E-state index contributed by atoms with van der Waals surface area (Å²) in [6.07, 6.45) is 4.68. The highest BCUT2D eigenvalue weighted by Crippen LogP contribution is 2.34. The Morgan fingerprint density at radius 2 is 2.26 bits per heavy atom. The third kappa shape index (κ3) is 3.99. The SMILES string of the molecule is CCC(CC1CC1)NCc1cc(F)ccc1[N+](=O)[O-]. The number of nitrogens with one attached hydrogen (secondary N) is 1. The number of rotatable bonds is 7. The van der Waals surface area contributed by atoms with E-state index in [0.717, 1.165) is 24.8 Å². The topological polar surface area (TPSA) is 55.2 Å². The molecule has 0 aromatic heterocycles. The van der Waals surface area contributed by atoms with Crippen molar-refractivity contribution in [3.8, 4) is 0 Å². The van der Waals surface area contributed by atoms with Gasteiger partial charge >= 0.3 is 0 Å². The molecule has 19 heavy (non-hydrogen) atoms. The Hall–Kier alpha value is -1.49. The number of benzene rings is 1. The number of nitro benzene ring substituents is 1. The lowest BCUT2D eigenvalue weighted by atomic mass is 10.1. The Balaban J connectivity index is 2.00. The van der Waals surface area contributed by atoms with Gasteiger partial charge in [-0.25, -0.2) is 4.39 Å². The van der Waals surface area contributed by atoms with Gasteiger partial charge in [-0.15, -0.1) is 0 Å². The summed E-state index contributed by atoms with van der Waals surface area (Å²) >= 11 is 0. The van der Waals surface area contributed by atoms with Crippen LogP contribution in [0, 0.1) is 21.8 Å². The molecule has 4 nitrogen and oxygen atoms in total. The minimum atomic E-state index is -0.460. The smallest absolute Gasteiger partial charge is 0.274 e. The molecular formula is C14H19FN2O2. The molecule has 0 aliphatic heterocycles. The average Bonchev–Trinajstić information content (AvgIpc) is 3.18. The number of hydrogen-bond donors (Lipinski definition) is 1. The minimum absolute atomic E-state index is 0.0184. The molecule has 104 valence electrons. The summed E-state index contributed by atoms with van der Waals surface area (Å²) in [5.74, 6) is 0.373. The van der Waals surface area contributed by atoms with Gasteiger partial charge in [0.15, 0.2) is 0 Å². The standard InChI is InChI=1S/C14H19FN2O2/c1-2-13(7-10-3-4-10)16-9-11-8-12(15)5-6-14(11)17(18)19/h5-6,8,10,13,16H,2-4,7,9H2,1H3. The summed E-state index contributed by atoms with van der Waals surface area (Å²) in [7, 11) is 0. The monoisotopic (exact) mass is 266 g/mol. The van der Waals surface area contributed by atoms with E-state index in [-0.39, 0.29) is 5.69 Å². The van der Waals surface area contributed by atoms with Gasteiger partial charge < -0.3 is 5.32 Å². The van der Waals surface area contributed by atoms with Crippen molar-refractivity contribution in [2.75, 3.05) is 0 Å². The van der Waals surface area contributed by atoms with Crippen LogP contribution in [0.1, 0.15) is 38.2 Å². The molecule has 1 N–H and O–H groups in total. The molecule has 1 atom stereocenters. The summed E-state index contributed by atoms with van der Waals surface area (Å²) < 4.78 is 13.2. The zero-order valence-corrected chi connectivity index (χ0v) is 11.1. The Kier molecular flexibility index (Phi) is 4.47. The Bertz CT molecular complexity index is 461. The van der Waals surface area contributed by atoms with Crippen LogP contribution in [0.5, 0.6) is 0 Å². The quantitative estimate of drug-likeness (QED) is 0.608. The maximum Gasteiger partial charge on any atom is 0.274 e. The molecule has 0 bridgehead atoms. The molecule has 0 spiro atoms. The van der Waals surface area contributed by atoms with Crippen molar-refractivity contribution in [2.45, 2.75) is 45.2 Å². The first-order chi connectivity index (χ1) is 9.10. The van der Waals surface area contributed by atoms with Gasteiger partial charge in [-0.1, -0.05) is 19.8 Å². The van der Waals surface area contributed by atoms with E-state index in [4.69, 9.17) is 0 Å². The molecule has 1 unspecified atom stereocenters. The zero-order chi connectivity index (χ0) is 13.8. The van der Waals surface area contributed by atoms with Gasteiger partial charge in [-0.2, -0.15) is 0 Å². The van der Waals surface area contributed by atoms with Crippen LogP contribution < -0.4 is 5.32 Å². The van der Waals surface area contributed by atoms with Crippen LogP contribution in [0.4, 0.5) is 10.1 Å². The van der Waals surface area contributed by atoms with E-state index >= 15 is 0 Å². The highest BCUT2D eigenvalue weighted by atomic mass is 19.1. The maximum atomic E-state index is 13.2.